The summed E-state index contributed by atoms with van der Waals surface area (Å²) in [7, 11) is 0. The molecule has 1 aromatic rings. The third-order valence-electron chi connectivity index (χ3n) is 2.07. The van der Waals surface area contributed by atoms with E-state index in [0.717, 1.165) is 4.88 Å². The Bertz CT molecular complexity index is 369. The van der Waals surface area contributed by atoms with Gasteiger partial charge in [0, 0.05) is 10.8 Å². The van der Waals surface area contributed by atoms with Gasteiger partial charge in [-0.1, -0.05) is 11.6 Å². The second kappa shape index (κ2) is 3.71. The van der Waals surface area contributed by atoms with Crippen molar-refractivity contribution < 1.29 is 14.3 Å². The summed E-state index contributed by atoms with van der Waals surface area (Å²) < 4.78 is 4.44. The maximum Gasteiger partial charge on any atom is 0.314 e. The van der Waals surface area contributed by atoms with Crippen LogP contribution in [0.2, 0.25) is 5.02 Å². The summed E-state index contributed by atoms with van der Waals surface area (Å²) in [6, 6.07) is 1.77. The molecule has 0 amide bonds. The van der Waals surface area contributed by atoms with Crippen molar-refractivity contribution in [2.45, 2.75) is 18.8 Å². The molecule has 14 heavy (non-hydrogen) atoms. The van der Waals surface area contributed by atoms with E-state index in [1.54, 1.807) is 6.07 Å². The molecule has 1 aliphatic heterocycles. The maximum atomic E-state index is 11.0. The molecule has 0 unspecified atom stereocenters. The maximum absolute atomic E-state index is 11.0. The molecule has 1 aromatic heterocycles. The number of cyclic esters (lactones) is 2. The second-order valence-corrected chi connectivity index (χ2v) is 4.44. The zero-order chi connectivity index (χ0) is 10.1. The highest BCUT2D eigenvalue weighted by Crippen LogP contribution is 2.36. The SMILES string of the molecule is O=C1CC(c2sccc2Cl)CC(=O)O1. The Morgan fingerprint density at radius 3 is 2.50 bits per heavy atom. The number of ether oxygens (including phenoxy) is 1. The van der Waals surface area contributed by atoms with Gasteiger partial charge in [0.05, 0.1) is 17.9 Å². The van der Waals surface area contributed by atoms with Crippen LogP contribution in [0, 0.1) is 0 Å². The summed E-state index contributed by atoms with van der Waals surface area (Å²) in [6.07, 6.45) is 0.484. The Labute approximate surface area is 89.6 Å². The fraction of sp³-hybridized carbons (Fsp3) is 0.333. The van der Waals surface area contributed by atoms with Crippen molar-refractivity contribution in [3.05, 3.63) is 21.3 Å². The predicted molar refractivity (Wildman–Crippen MR) is 52.4 cm³/mol. The van der Waals surface area contributed by atoms with E-state index in [2.05, 4.69) is 4.74 Å². The van der Waals surface area contributed by atoms with E-state index in [1.165, 1.54) is 11.3 Å². The van der Waals surface area contributed by atoms with Gasteiger partial charge in [0.25, 0.3) is 0 Å². The number of carbonyl (C=O) groups excluding carboxylic acids is 2. The van der Waals surface area contributed by atoms with Gasteiger partial charge in [-0.2, -0.15) is 0 Å². The molecule has 0 atom stereocenters. The van der Waals surface area contributed by atoms with E-state index >= 15 is 0 Å². The Hall–Kier alpha value is -0.870. The molecular weight excluding hydrogens is 224 g/mol. The van der Waals surface area contributed by atoms with Gasteiger partial charge in [-0.05, 0) is 11.4 Å². The van der Waals surface area contributed by atoms with Crippen LogP contribution in [0.25, 0.3) is 0 Å². The number of halogens is 1. The molecule has 0 aliphatic carbocycles. The lowest BCUT2D eigenvalue weighted by atomic mass is 9.98. The molecule has 3 nitrogen and oxygen atoms in total. The van der Waals surface area contributed by atoms with Gasteiger partial charge in [-0.25, -0.2) is 0 Å². The van der Waals surface area contributed by atoms with Crippen molar-refractivity contribution in [1.29, 1.82) is 0 Å². The minimum Gasteiger partial charge on any atom is -0.393 e. The summed E-state index contributed by atoms with van der Waals surface area (Å²) in [5.74, 6) is -1.03. The molecule has 5 heteroatoms. The topological polar surface area (TPSA) is 43.4 Å². The highest BCUT2D eigenvalue weighted by Gasteiger charge is 2.30. The van der Waals surface area contributed by atoms with E-state index in [9.17, 15) is 9.59 Å². The van der Waals surface area contributed by atoms with Crippen LogP contribution in [-0.4, -0.2) is 11.9 Å². The first-order valence-corrected chi connectivity index (χ1v) is 5.39. The first kappa shape index (κ1) is 9.68. The third kappa shape index (κ3) is 1.81. The van der Waals surface area contributed by atoms with Crippen molar-refractivity contribution in [3.63, 3.8) is 0 Å². The van der Waals surface area contributed by atoms with E-state index in [4.69, 9.17) is 11.6 Å². The average Bonchev–Trinajstić information content (AvgIpc) is 2.49. The molecule has 0 aromatic carbocycles. The van der Waals surface area contributed by atoms with Crippen molar-refractivity contribution in [3.8, 4) is 0 Å². The number of rotatable bonds is 1. The van der Waals surface area contributed by atoms with Crippen LogP contribution in [0.4, 0.5) is 0 Å². The molecule has 2 heterocycles. The van der Waals surface area contributed by atoms with Gasteiger partial charge < -0.3 is 4.74 Å². The third-order valence-corrected chi connectivity index (χ3v) is 3.59. The normalized spacial score (nSPS) is 18.4. The summed E-state index contributed by atoms with van der Waals surface area (Å²) in [5.41, 5.74) is 0. The molecule has 1 aliphatic rings. The van der Waals surface area contributed by atoms with Crippen LogP contribution in [0.15, 0.2) is 11.4 Å². The van der Waals surface area contributed by atoms with Crippen LogP contribution in [0.5, 0.6) is 0 Å². The van der Waals surface area contributed by atoms with Crippen molar-refractivity contribution in [2.24, 2.45) is 0 Å². The molecule has 0 N–H and O–H groups in total. The van der Waals surface area contributed by atoms with E-state index < -0.39 is 11.9 Å². The summed E-state index contributed by atoms with van der Waals surface area (Å²) in [6.45, 7) is 0. The van der Waals surface area contributed by atoms with Crippen LogP contribution in [0.1, 0.15) is 23.6 Å². The Balaban J connectivity index is 2.23. The van der Waals surface area contributed by atoms with Gasteiger partial charge in [0.1, 0.15) is 0 Å². The van der Waals surface area contributed by atoms with Crippen LogP contribution in [0.3, 0.4) is 0 Å². The Kier molecular flexibility index (Phi) is 2.56. The molecule has 2 rings (SSSR count). The molecule has 74 valence electrons. The van der Waals surface area contributed by atoms with Gasteiger partial charge in [-0.15, -0.1) is 11.3 Å². The number of carbonyl (C=O) groups is 2. The first-order valence-electron chi connectivity index (χ1n) is 4.13. The standard InChI is InChI=1S/C9H7ClO3S/c10-6-1-2-14-9(6)5-3-7(11)13-8(12)4-5/h1-2,5H,3-4H2. The van der Waals surface area contributed by atoms with Gasteiger partial charge in [0.2, 0.25) is 0 Å². The minimum atomic E-state index is -0.462. The smallest absolute Gasteiger partial charge is 0.314 e. The average molecular weight is 231 g/mol. The van der Waals surface area contributed by atoms with E-state index in [1.807, 2.05) is 5.38 Å². The zero-order valence-corrected chi connectivity index (χ0v) is 8.73. The van der Waals surface area contributed by atoms with E-state index in [0.29, 0.717) is 5.02 Å². The number of thiophene rings is 1. The molecule has 0 radical (unpaired) electrons. The monoisotopic (exact) mass is 230 g/mol. The van der Waals surface area contributed by atoms with Crippen molar-refractivity contribution in [1.82, 2.24) is 0 Å². The quantitative estimate of drug-likeness (QED) is 0.550. The van der Waals surface area contributed by atoms with Crippen molar-refractivity contribution >= 4 is 34.9 Å². The second-order valence-electron chi connectivity index (χ2n) is 3.08. The predicted octanol–water partition coefficient (Wildman–Crippen LogP) is 2.35. The molecule has 0 spiro atoms. The van der Waals surface area contributed by atoms with E-state index in [-0.39, 0.29) is 18.8 Å². The molecule has 0 saturated carbocycles. The van der Waals surface area contributed by atoms with Gasteiger partial charge in [0.15, 0.2) is 0 Å². The van der Waals surface area contributed by atoms with Gasteiger partial charge in [-0.3, -0.25) is 9.59 Å². The summed E-state index contributed by atoms with van der Waals surface area (Å²) in [5, 5.41) is 2.48. The molecule has 1 fully saturated rings. The molecule has 0 bridgehead atoms. The van der Waals surface area contributed by atoms with Crippen LogP contribution < -0.4 is 0 Å². The lowest BCUT2D eigenvalue weighted by Crippen LogP contribution is -2.23. The lowest BCUT2D eigenvalue weighted by Gasteiger charge is -2.18. The largest absolute Gasteiger partial charge is 0.393 e. The lowest BCUT2D eigenvalue weighted by molar-refractivity contribution is -0.163. The van der Waals surface area contributed by atoms with Crippen LogP contribution >= 0.6 is 22.9 Å². The van der Waals surface area contributed by atoms with Crippen molar-refractivity contribution in [2.75, 3.05) is 0 Å². The first-order chi connectivity index (χ1) is 6.66. The Morgan fingerprint density at radius 2 is 2.00 bits per heavy atom. The minimum absolute atomic E-state index is 0.101. The van der Waals surface area contributed by atoms with Gasteiger partial charge >= 0.3 is 11.9 Å². The van der Waals surface area contributed by atoms with Crippen LogP contribution in [-0.2, 0) is 14.3 Å². The fourth-order valence-electron chi connectivity index (χ4n) is 1.47. The number of hydrogen-bond acceptors (Lipinski definition) is 4. The molecule has 1 saturated heterocycles. The summed E-state index contributed by atoms with van der Waals surface area (Å²) >= 11 is 7.38. The Morgan fingerprint density at radius 1 is 1.36 bits per heavy atom. The highest BCUT2D eigenvalue weighted by molar-refractivity contribution is 7.10. The highest BCUT2D eigenvalue weighted by atomic mass is 35.5. The molecular formula is C9H7ClO3S. The fourth-order valence-corrected chi connectivity index (χ4v) is 2.78. The number of esters is 2. The number of hydrogen-bond donors (Lipinski definition) is 0. The zero-order valence-electron chi connectivity index (χ0n) is 7.16. The summed E-state index contributed by atoms with van der Waals surface area (Å²) in [4.78, 5) is 22.9.